The van der Waals surface area contributed by atoms with Gasteiger partial charge in [-0.3, -0.25) is 4.79 Å². The molecular weight excluding hydrogens is 368 g/mol. The maximum atomic E-state index is 11.0. The fraction of sp³-hybridized carbons (Fsp3) is 0.955. The van der Waals surface area contributed by atoms with Crippen LogP contribution in [-0.2, 0) is 14.3 Å². The van der Waals surface area contributed by atoms with Crippen LogP contribution in [0.4, 0.5) is 0 Å². The first-order chi connectivity index (χ1) is 14.1. The van der Waals surface area contributed by atoms with E-state index < -0.39 is 0 Å². The summed E-state index contributed by atoms with van der Waals surface area (Å²) in [6.45, 7) is 2.91. The molecule has 5 unspecified atom stereocenters. The zero-order valence-electron chi connectivity index (χ0n) is 19.0. The number of hydrogen-bond acceptors (Lipinski definition) is 6. The Labute approximate surface area is 177 Å². The highest BCUT2D eigenvalue weighted by atomic mass is 16.5. The zero-order valence-corrected chi connectivity index (χ0v) is 19.0. The van der Waals surface area contributed by atoms with Crippen LogP contribution in [0, 0.1) is 11.8 Å². The van der Waals surface area contributed by atoms with Crippen LogP contribution in [-0.4, -0.2) is 78.1 Å². The van der Waals surface area contributed by atoms with Crippen LogP contribution in [0.2, 0.25) is 0 Å². The fourth-order valence-corrected chi connectivity index (χ4v) is 4.61. The number of carbonyl (C=O) groups is 1. The fourth-order valence-electron chi connectivity index (χ4n) is 4.61. The predicted octanol–water partition coefficient (Wildman–Crippen LogP) is 1.28. The van der Waals surface area contributed by atoms with Crippen molar-refractivity contribution in [2.45, 2.75) is 75.7 Å². The van der Waals surface area contributed by atoms with Gasteiger partial charge in [0.2, 0.25) is 5.91 Å². The highest BCUT2D eigenvalue weighted by Crippen LogP contribution is 2.37. The molecule has 1 aliphatic heterocycles. The molecule has 2 aliphatic carbocycles. The Morgan fingerprint density at radius 2 is 1.69 bits per heavy atom. The maximum Gasteiger partial charge on any atom is 0.223 e. The molecule has 29 heavy (non-hydrogen) atoms. The van der Waals surface area contributed by atoms with Gasteiger partial charge in [-0.2, -0.15) is 0 Å². The number of fused-ring (bicyclic) bond motifs is 1. The van der Waals surface area contributed by atoms with E-state index in [1.165, 1.54) is 19.3 Å². The molecule has 2 saturated carbocycles. The summed E-state index contributed by atoms with van der Waals surface area (Å²) < 4.78 is 11.2. The quantitative estimate of drug-likeness (QED) is 0.383. The molecule has 1 heterocycles. The first-order valence-electron chi connectivity index (χ1n) is 11.5. The van der Waals surface area contributed by atoms with Crippen LogP contribution in [0.3, 0.4) is 0 Å². The van der Waals surface area contributed by atoms with Crippen molar-refractivity contribution in [1.82, 2.24) is 21.3 Å². The molecular formula is C22H44N4O3. The van der Waals surface area contributed by atoms with Gasteiger partial charge >= 0.3 is 0 Å². The van der Waals surface area contributed by atoms with Gasteiger partial charge in [0, 0.05) is 51.1 Å². The van der Waals surface area contributed by atoms with Gasteiger partial charge in [0.25, 0.3) is 0 Å². The summed E-state index contributed by atoms with van der Waals surface area (Å²) >= 11 is 0. The molecule has 3 rings (SSSR count). The molecule has 0 spiro atoms. The summed E-state index contributed by atoms with van der Waals surface area (Å²) in [4.78, 5) is 11.0. The average molecular weight is 413 g/mol. The van der Waals surface area contributed by atoms with E-state index in [9.17, 15) is 4.79 Å². The summed E-state index contributed by atoms with van der Waals surface area (Å²) in [6.07, 6.45) is 9.92. The van der Waals surface area contributed by atoms with Crippen LogP contribution < -0.4 is 21.3 Å². The maximum absolute atomic E-state index is 11.0. The minimum absolute atomic E-state index is 0.251. The summed E-state index contributed by atoms with van der Waals surface area (Å²) in [5.41, 5.74) is 0. The lowest BCUT2D eigenvalue weighted by Gasteiger charge is -2.36. The van der Waals surface area contributed by atoms with Crippen molar-refractivity contribution in [3.63, 3.8) is 0 Å². The number of hydrogen-bond donors (Lipinski definition) is 4. The van der Waals surface area contributed by atoms with Crippen molar-refractivity contribution >= 4 is 5.91 Å². The second-order valence-electron chi connectivity index (χ2n) is 8.74. The Hall–Kier alpha value is -0.730. The monoisotopic (exact) mass is 412 g/mol. The van der Waals surface area contributed by atoms with E-state index in [1.54, 1.807) is 0 Å². The van der Waals surface area contributed by atoms with Gasteiger partial charge in [0.1, 0.15) is 0 Å². The molecule has 0 aromatic carbocycles. The summed E-state index contributed by atoms with van der Waals surface area (Å²) in [7, 11) is 7.60. The number of nitrogens with one attached hydrogen (secondary N) is 4. The molecule has 5 atom stereocenters. The second kappa shape index (κ2) is 13.5. The SMILES string of the molecule is CNCCCC1CC2C(CC(OC)CC2OC)N1.CNCCCNC(=O)C1CC1. The van der Waals surface area contributed by atoms with Crippen LogP contribution in [0.15, 0.2) is 0 Å². The summed E-state index contributed by atoms with van der Waals surface area (Å²) in [5, 5.41) is 12.9. The van der Waals surface area contributed by atoms with Gasteiger partial charge < -0.3 is 30.7 Å². The van der Waals surface area contributed by atoms with Crippen molar-refractivity contribution in [2.24, 2.45) is 11.8 Å². The van der Waals surface area contributed by atoms with E-state index >= 15 is 0 Å². The van der Waals surface area contributed by atoms with Gasteiger partial charge in [-0.1, -0.05) is 0 Å². The van der Waals surface area contributed by atoms with Crippen LogP contribution in [0.1, 0.15) is 51.4 Å². The summed E-state index contributed by atoms with van der Waals surface area (Å²) in [6, 6.07) is 1.26. The zero-order chi connectivity index (χ0) is 21.1. The van der Waals surface area contributed by atoms with Crippen molar-refractivity contribution in [3.05, 3.63) is 0 Å². The Balaban J connectivity index is 0.000000234. The third-order valence-corrected chi connectivity index (χ3v) is 6.48. The van der Waals surface area contributed by atoms with Crippen molar-refractivity contribution in [3.8, 4) is 0 Å². The third kappa shape index (κ3) is 8.50. The molecule has 7 heteroatoms. The van der Waals surface area contributed by atoms with Crippen molar-refractivity contribution < 1.29 is 14.3 Å². The third-order valence-electron chi connectivity index (χ3n) is 6.48. The van der Waals surface area contributed by atoms with Gasteiger partial charge in [-0.15, -0.1) is 0 Å². The lowest BCUT2D eigenvalue weighted by Crippen LogP contribution is -2.45. The van der Waals surface area contributed by atoms with E-state index in [4.69, 9.17) is 9.47 Å². The van der Waals surface area contributed by atoms with Gasteiger partial charge in [-0.25, -0.2) is 0 Å². The van der Waals surface area contributed by atoms with Crippen molar-refractivity contribution in [2.75, 3.05) is 47.9 Å². The Kier molecular flexibility index (Phi) is 11.5. The van der Waals surface area contributed by atoms with E-state index in [1.807, 2.05) is 28.3 Å². The van der Waals surface area contributed by atoms with E-state index in [0.29, 0.717) is 36.1 Å². The smallest absolute Gasteiger partial charge is 0.223 e. The van der Waals surface area contributed by atoms with Crippen LogP contribution >= 0.6 is 0 Å². The summed E-state index contributed by atoms with van der Waals surface area (Å²) in [5.74, 6) is 1.28. The highest BCUT2D eigenvalue weighted by Gasteiger charge is 2.43. The van der Waals surface area contributed by atoms with Crippen LogP contribution in [0.25, 0.3) is 0 Å². The molecule has 0 radical (unpaired) electrons. The molecule has 170 valence electrons. The minimum atomic E-state index is 0.251. The molecule has 0 aromatic rings. The minimum Gasteiger partial charge on any atom is -0.381 e. The van der Waals surface area contributed by atoms with Crippen molar-refractivity contribution in [1.29, 1.82) is 0 Å². The molecule has 7 nitrogen and oxygen atoms in total. The molecule has 1 amide bonds. The van der Waals surface area contributed by atoms with E-state index in [0.717, 1.165) is 51.7 Å². The second-order valence-corrected chi connectivity index (χ2v) is 8.74. The first-order valence-corrected chi connectivity index (χ1v) is 11.5. The highest BCUT2D eigenvalue weighted by molar-refractivity contribution is 5.80. The number of rotatable bonds is 11. The largest absolute Gasteiger partial charge is 0.381 e. The Morgan fingerprint density at radius 1 is 0.966 bits per heavy atom. The molecule has 1 saturated heterocycles. The lowest BCUT2D eigenvalue weighted by molar-refractivity contribution is -0.122. The first kappa shape index (κ1) is 24.5. The number of ether oxygens (including phenoxy) is 2. The van der Waals surface area contributed by atoms with Gasteiger partial charge in [0.05, 0.1) is 12.2 Å². The molecule has 4 N–H and O–H groups in total. The Morgan fingerprint density at radius 3 is 2.31 bits per heavy atom. The molecule has 0 aromatic heterocycles. The topological polar surface area (TPSA) is 83.7 Å². The molecule has 3 aliphatic rings. The number of amides is 1. The molecule has 0 bridgehead atoms. The van der Waals surface area contributed by atoms with Gasteiger partial charge in [-0.05, 0) is 72.1 Å². The normalized spacial score (nSPS) is 31.0. The van der Waals surface area contributed by atoms with E-state index in [2.05, 4.69) is 21.3 Å². The number of carbonyl (C=O) groups excluding carboxylic acids is 1. The van der Waals surface area contributed by atoms with Gasteiger partial charge in [0.15, 0.2) is 0 Å². The number of methoxy groups -OCH3 is 2. The van der Waals surface area contributed by atoms with Crippen LogP contribution in [0.5, 0.6) is 0 Å². The Bertz CT molecular complexity index is 461. The standard InChI is InChI=1S/C14H28N2O2.C8H16N2O/c1-15-6-4-5-10-7-12-13(16-10)8-11(17-2)9-14(12)18-3;1-9-5-2-6-10-8(11)7-3-4-7/h10-16H,4-9H2,1-3H3;7,9H,2-6H2,1H3,(H,10,11). The lowest BCUT2D eigenvalue weighted by atomic mass is 9.80. The molecule has 3 fully saturated rings. The predicted molar refractivity (Wildman–Crippen MR) is 117 cm³/mol. The van der Waals surface area contributed by atoms with E-state index in [-0.39, 0.29) is 5.91 Å². The average Bonchev–Trinajstić information content (AvgIpc) is 3.51.